The fourth-order valence-electron chi connectivity index (χ4n) is 0.548. The zero-order chi connectivity index (χ0) is 7.23. The first kappa shape index (κ1) is 6.67. The van der Waals surface area contributed by atoms with Crippen LogP contribution in [0.3, 0.4) is 0 Å². The van der Waals surface area contributed by atoms with Crippen molar-refractivity contribution in [2.24, 2.45) is 0 Å². The van der Waals surface area contributed by atoms with E-state index in [2.05, 4.69) is 15.3 Å². The van der Waals surface area contributed by atoms with E-state index in [1.54, 1.807) is 25.0 Å². The van der Waals surface area contributed by atoms with Gasteiger partial charge in [-0.2, -0.15) is 0 Å². The summed E-state index contributed by atoms with van der Waals surface area (Å²) in [6, 6.07) is 0. The normalized spacial score (nSPS) is 8.80. The van der Waals surface area contributed by atoms with Crippen LogP contribution in [-0.4, -0.2) is 16.4 Å². The van der Waals surface area contributed by atoms with Gasteiger partial charge in [0.15, 0.2) is 0 Å². The highest BCUT2D eigenvalue weighted by molar-refractivity contribution is 5.46. The SMILES string of the molecule is O=[C]NCc1cnccn1. The Kier molecular flexibility index (Phi) is 2.37. The number of nitrogens with zero attached hydrogens (tertiary/aromatic N) is 2. The molecule has 1 amide bonds. The maximum absolute atomic E-state index is 9.69. The Morgan fingerprint density at radius 1 is 1.60 bits per heavy atom. The Balaban J connectivity index is 2.50. The van der Waals surface area contributed by atoms with Crippen molar-refractivity contribution in [3.8, 4) is 0 Å². The number of aromatic nitrogens is 2. The van der Waals surface area contributed by atoms with E-state index in [-0.39, 0.29) is 0 Å². The van der Waals surface area contributed by atoms with Gasteiger partial charge in [-0.25, -0.2) is 0 Å². The molecule has 1 aromatic rings. The van der Waals surface area contributed by atoms with Crippen LogP contribution in [0, 0.1) is 0 Å². The molecule has 1 aromatic heterocycles. The summed E-state index contributed by atoms with van der Waals surface area (Å²) in [5, 5.41) is 2.36. The van der Waals surface area contributed by atoms with Crippen molar-refractivity contribution in [3.05, 3.63) is 24.3 Å². The van der Waals surface area contributed by atoms with Gasteiger partial charge in [-0.1, -0.05) is 0 Å². The average Bonchev–Trinajstić information content (AvgIpc) is 2.03. The van der Waals surface area contributed by atoms with E-state index < -0.39 is 0 Å². The average molecular weight is 136 g/mol. The minimum absolute atomic E-state index is 0.386. The van der Waals surface area contributed by atoms with Gasteiger partial charge >= 0.3 is 6.41 Å². The van der Waals surface area contributed by atoms with Gasteiger partial charge in [0.25, 0.3) is 0 Å². The molecular formula is C6H6N3O. The smallest absolute Gasteiger partial charge is 0.309 e. The molecule has 0 aromatic carbocycles. The summed E-state index contributed by atoms with van der Waals surface area (Å²) < 4.78 is 0. The van der Waals surface area contributed by atoms with E-state index in [4.69, 9.17) is 0 Å². The first-order valence-electron chi connectivity index (χ1n) is 2.78. The maximum atomic E-state index is 9.69. The number of amides is 1. The first-order chi connectivity index (χ1) is 4.93. The summed E-state index contributed by atoms with van der Waals surface area (Å²) in [7, 11) is 0. The quantitative estimate of drug-likeness (QED) is 0.577. The lowest BCUT2D eigenvalue weighted by atomic mass is 10.4. The van der Waals surface area contributed by atoms with Crippen LogP contribution < -0.4 is 5.32 Å². The zero-order valence-electron chi connectivity index (χ0n) is 5.24. The van der Waals surface area contributed by atoms with Gasteiger partial charge in [-0.3, -0.25) is 14.8 Å². The number of nitrogens with one attached hydrogen (secondary N) is 1. The molecule has 10 heavy (non-hydrogen) atoms. The van der Waals surface area contributed by atoms with E-state index in [1.165, 1.54) is 0 Å². The zero-order valence-corrected chi connectivity index (χ0v) is 5.24. The molecule has 0 bridgehead atoms. The standard InChI is InChI=1S/C6H6N3O/c10-5-8-4-6-3-7-1-2-9-6/h1-3H,4H2,(H,8,10). The number of hydrogen-bond donors (Lipinski definition) is 1. The van der Waals surface area contributed by atoms with E-state index in [0.29, 0.717) is 6.54 Å². The van der Waals surface area contributed by atoms with Crippen LogP contribution in [0.15, 0.2) is 18.6 Å². The van der Waals surface area contributed by atoms with E-state index in [9.17, 15) is 4.79 Å². The molecule has 0 saturated carbocycles. The Hall–Kier alpha value is -1.45. The Bertz CT molecular complexity index is 199. The fourth-order valence-corrected chi connectivity index (χ4v) is 0.548. The van der Waals surface area contributed by atoms with Gasteiger partial charge in [0.05, 0.1) is 18.4 Å². The molecule has 0 fully saturated rings. The molecule has 4 nitrogen and oxygen atoms in total. The van der Waals surface area contributed by atoms with Crippen LogP contribution in [0.1, 0.15) is 5.69 Å². The topological polar surface area (TPSA) is 54.9 Å². The van der Waals surface area contributed by atoms with Crippen LogP contribution in [-0.2, 0) is 11.3 Å². The molecule has 0 atom stereocenters. The van der Waals surface area contributed by atoms with Crippen LogP contribution >= 0.6 is 0 Å². The highest BCUT2D eigenvalue weighted by Crippen LogP contribution is 1.86. The largest absolute Gasteiger partial charge is 0.342 e. The van der Waals surface area contributed by atoms with Crippen LogP contribution in [0.5, 0.6) is 0 Å². The van der Waals surface area contributed by atoms with Crippen molar-refractivity contribution in [1.29, 1.82) is 0 Å². The molecule has 0 aliphatic rings. The maximum Gasteiger partial charge on any atom is 0.309 e. The van der Waals surface area contributed by atoms with E-state index in [1.807, 2.05) is 0 Å². The second kappa shape index (κ2) is 3.55. The summed E-state index contributed by atoms with van der Waals surface area (Å²) in [5.74, 6) is 0. The van der Waals surface area contributed by atoms with Crippen molar-refractivity contribution in [1.82, 2.24) is 15.3 Å². The Morgan fingerprint density at radius 3 is 3.10 bits per heavy atom. The molecule has 0 spiro atoms. The number of hydrogen-bond acceptors (Lipinski definition) is 3. The van der Waals surface area contributed by atoms with Crippen LogP contribution in [0.4, 0.5) is 0 Å². The van der Waals surface area contributed by atoms with Gasteiger partial charge < -0.3 is 5.32 Å². The van der Waals surface area contributed by atoms with Crippen molar-refractivity contribution in [3.63, 3.8) is 0 Å². The second-order valence-corrected chi connectivity index (χ2v) is 1.65. The fraction of sp³-hybridized carbons (Fsp3) is 0.167. The van der Waals surface area contributed by atoms with Crippen molar-refractivity contribution in [2.75, 3.05) is 0 Å². The molecule has 1 heterocycles. The lowest BCUT2D eigenvalue weighted by Crippen LogP contribution is -2.10. The summed E-state index contributed by atoms with van der Waals surface area (Å²) in [6.45, 7) is 0.386. The van der Waals surface area contributed by atoms with Crippen LogP contribution in [0.2, 0.25) is 0 Å². The lowest BCUT2D eigenvalue weighted by Gasteiger charge is -1.93. The first-order valence-corrected chi connectivity index (χ1v) is 2.78. The number of rotatable bonds is 3. The highest BCUT2D eigenvalue weighted by atomic mass is 16.1. The van der Waals surface area contributed by atoms with Crippen LogP contribution in [0.25, 0.3) is 0 Å². The summed E-state index contributed by atoms with van der Waals surface area (Å²) >= 11 is 0. The molecule has 1 radical (unpaired) electrons. The molecule has 0 aliphatic carbocycles. The third kappa shape index (κ3) is 1.81. The van der Waals surface area contributed by atoms with Gasteiger partial charge in [0, 0.05) is 12.4 Å². The van der Waals surface area contributed by atoms with Gasteiger partial charge in [0.2, 0.25) is 0 Å². The second-order valence-electron chi connectivity index (χ2n) is 1.65. The molecule has 1 N–H and O–H groups in total. The molecule has 4 heteroatoms. The molecule has 0 aliphatic heterocycles. The Labute approximate surface area is 58.3 Å². The molecule has 0 unspecified atom stereocenters. The van der Waals surface area contributed by atoms with Gasteiger partial charge in [-0.15, -0.1) is 0 Å². The molecule has 1 rings (SSSR count). The minimum atomic E-state index is 0.386. The minimum Gasteiger partial charge on any atom is -0.342 e. The third-order valence-corrected chi connectivity index (χ3v) is 0.958. The summed E-state index contributed by atoms with van der Waals surface area (Å²) in [4.78, 5) is 17.4. The van der Waals surface area contributed by atoms with Crippen molar-refractivity contribution < 1.29 is 4.79 Å². The highest BCUT2D eigenvalue weighted by Gasteiger charge is 1.89. The predicted octanol–water partition coefficient (Wildman–Crippen LogP) is -0.367. The monoisotopic (exact) mass is 136 g/mol. The van der Waals surface area contributed by atoms with E-state index >= 15 is 0 Å². The molecule has 51 valence electrons. The summed E-state index contributed by atoms with van der Waals surface area (Å²) in [6.07, 6.45) is 6.28. The van der Waals surface area contributed by atoms with Gasteiger partial charge in [0.1, 0.15) is 0 Å². The van der Waals surface area contributed by atoms with Crippen molar-refractivity contribution in [2.45, 2.75) is 6.54 Å². The lowest BCUT2D eigenvalue weighted by molar-refractivity contribution is 0.541. The third-order valence-electron chi connectivity index (χ3n) is 0.958. The summed E-state index contributed by atoms with van der Waals surface area (Å²) in [5.41, 5.74) is 0.728. The Morgan fingerprint density at radius 2 is 2.50 bits per heavy atom. The molecule has 0 saturated heterocycles. The molecular weight excluding hydrogens is 130 g/mol. The van der Waals surface area contributed by atoms with Crippen molar-refractivity contribution >= 4 is 6.41 Å². The van der Waals surface area contributed by atoms with Gasteiger partial charge in [-0.05, 0) is 0 Å². The predicted molar refractivity (Wildman–Crippen MR) is 34.6 cm³/mol. The number of carbonyl (C=O) groups excluding carboxylic acids is 1. The van der Waals surface area contributed by atoms with E-state index in [0.717, 1.165) is 5.69 Å².